The lowest BCUT2D eigenvalue weighted by molar-refractivity contribution is 0.660. The van der Waals surface area contributed by atoms with Crippen LogP contribution in [0.3, 0.4) is 0 Å². The van der Waals surface area contributed by atoms with Gasteiger partial charge in [-0.2, -0.15) is 0 Å². The Kier molecular flexibility index (Phi) is 6.56. The van der Waals surface area contributed by atoms with E-state index in [1.165, 1.54) is 66.0 Å². The molecule has 0 saturated carbocycles. The summed E-state index contributed by atoms with van der Waals surface area (Å²) >= 11 is 0. The van der Waals surface area contributed by atoms with Crippen LogP contribution in [0, 0.1) is 0 Å². The van der Waals surface area contributed by atoms with Gasteiger partial charge < -0.3 is 9.47 Å². The van der Waals surface area contributed by atoms with Crippen LogP contribution >= 0.6 is 0 Å². The topological polar surface area (TPSA) is 8.17 Å². The molecule has 10 rings (SSSR count). The largest absolute Gasteiger partial charge is 0.309 e. The first-order chi connectivity index (χ1) is 25.1. The molecule has 242 valence electrons. The van der Waals surface area contributed by atoms with E-state index in [0.29, 0.717) is 0 Å². The van der Waals surface area contributed by atoms with Crippen molar-refractivity contribution in [2.75, 3.05) is 4.90 Å². The predicted octanol–water partition coefficient (Wildman–Crippen LogP) is 13.4. The normalized spacial score (nSPS) is 13.1. The molecule has 2 nitrogen and oxygen atoms in total. The number of hydrogen-bond donors (Lipinski definition) is 0. The number of hydrogen-bond acceptors (Lipinski definition) is 1. The summed E-state index contributed by atoms with van der Waals surface area (Å²) in [5, 5.41) is 4.91. The van der Waals surface area contributed by atoms with Crippen LogP contribution in [0.1, 0.15) is 25.0 Å². The predicted molar refractivity (Wildman–Crippen MR) is 216 cm³/mol. The minimum atomic E-state index is -0.0691. The van der Waals surface area contributed by atoms with Crippen molar-refractivity contribution in [1.29, 1.82) is 0 Å². The Bertz CT molecular complexity index is 2730. The Morgan fingerprint density at radius 1 is 0.431 bits per heavy atom. The van der Waals surface area contributed by atoms with Gasteiger partial charge >= 0.3 is 0 Å². The van der Waals surface area contributed by atoms with Crippen LogP contribution in [0.15, 0.2) is 182 Å². The molecule has 0 N–H and O–H groups in total. The fourth-order valence-corrected chi connectivity index (χ4v) is 8.58. The van der Waals surface area contributed by atoms with Gasteiger partial charge in [-0.15, -0.1) is 0 Å². The molecule has 1 aliphatic rings. The molecule has 2 heteroatoms. The third kappa shape index (κ3) is 4.50. The monoisotopic (exact) mass is 652 g/mol. The Morgan fingerprint density at radius 2 is 1.02 bits per heavy atom. The van der Waals surface area contributed by atoms with E-state index in [-0.39, 0.29) is 5.41 Å². The minimum absolute atomic E-state index is 0.0691. The van der Waals surface area contributed by atoms with E-state index in [1.807, 2.05) is 0 Å². The molecule has 8 aromatic carbocycles. The SMILES string of the molecule is CC1(C)c2ccccc2-c2cc(N(c3ccccc3-c3ccccc3)c3cc(-n4c5ccccc5c5ccccc54)cc4ccccc34)ccc21. The summed E-state index contributed by atoms with van der Waals surface area (Å²) in [5.74, 6) is 0. The number of fused-ring (bicyclic) bond motifs is 7. The van der Waals surface area contributed by atoms with E-state index in [2.05, 4.69) is 205 Å². The van der Waals surface area contributed by atoms with Crippen molar-refractivity contribution in [3.63, 3.8) is 0 Å². The number of anilines is 3. The molecular formula is C49H36N2. The van der Waals surface area contributed by atoms with Crippen LogP contribution in [-0.4, -0.2) is 4.57 Å². The Balaban J connectivity index is 1.30. The van der Waals surface area contributed by atoms with E-state index in [9.17, 15) is 0 Å². The van der Waals surface area contributed by atoms with Crippen molar-refractivity contribution in [1.82, 2.24) is 4.57 Å². The smallest absolute Gasteiger partial charge is 0.0561 e. The van der Waals surface area contributed by atoms with Crippen molar-refractivity contribution < 1.29 is 0 Å². The van der Waals surface area contributed by atoms with E-state index in [1.54, 1.807) is 0 Å². The summed E-state index contributed by atoms with van der Waals surface area (Å²) in [5.41, 5.74) is 14.6. The average Bonchev–Trinajstić information content (AvgIpc) is 3.64. The molecule has 0 unspecified atom stereocenters. The van der Waals surface area contributed by atoms with Gasteiger partial charge in [-0.3, -0.25) is 0 Å². The van der Waals surface area contributed by atoms with Crippen LogP contribution in [-0.2, 0) is 5.41 Å². The van der Waals surface area contributed by atoms with E-state index in [0.717, 1.165) is 22.7 Å². The lowest BCUT2D eigenvalue weighted by Crippen LogP contribution is -2.16. The number of rotatable bonds is 5. The second-order valence-corrected chi connectivity index (χ2v) is 14.2. The highest BCUT2D eigenvalue weighted by molar-refractivity contribution is 6.10. The fraction of sp³-hybridized carbons (Fsp3) is 0.0612. The average molecular weight is 653 g/mol. The minimum Gasteiger partial charge on any atom is -0.309 e. The molecule has 1 heterocycles. The molecule has 0 spiro atoms. The zero-order valence-electron chi connectivity index (χ0n) is 28.7. The molecule has 0 fully saturated rings. The maximum absolute atomic E-state index is 2.50. The number of para-hydroxylation sites is 3. The molecule has 1 aromatic heterocycles. The van der Waals surface area contributed by atoms with E-state index < -0.39 is 0 Å². The highest BCUT2D eigenvalue weighted by Gasteiger charge is 2.35. The highest BCUT2D eigenvalue weighted by Crippen LogP contribution is 2.52. The van der Waals surface area contributed by atoms with Crippen molar-refractivity contribution in [3.05, 3.63) is 193 Å². The zero-order valence-corrected chi connectivity index (χ0v) is 28.7. The number of benzene rings is 8. The van der Waals surface area contributed by atoms with Gasteiger partial charge in [0.2, 0.25) is 0 Å². The van der Waals surface area contributed by atoms with E-state index >= 15 is 0 Å². The summed E-state index contributed by atoms with van der Waals surface area (Å²) < 4.78 is 2.43. The lowest BCUT2D eigenvalue weighted by atomic mass is 9.82. The van der Waals surface area contributed by atoms with Crippen molar-refractivity contribution in [3.8, 4) is 27.9 Å². The van der Waals surface area contributed by atoms with Crippen molar-refractivity contribution >= 4 is 49.6 Å². The second-order valence-electron chi connectivity index (χ2n) is 14.2. The molecule has 0 atom stereocenters. The molecule has 0 bridgehead atoms. The Hall–Kier alpha value is -6.38. The fourth-order valence-electron chi connectivity index (χ4n) is 8.58. The molecule has 0 amide bonds. The van der Waals surface area contributed by atoms with Crippen LogP contribution in [0.4, 0.5) is 17.1 Å². The molecule has 51 heavy (non-hydrogen) atoms. The summed E-state index contributed by atoms with van der Waals surface area (Å²) in [6.45, 7) is 4.70. The second kappa shape index (κ2) is 11.3. The van der Waals surface area contributed by atoms with E-state index in [4.69, 9.17) is 0 Å². The maximum Gasteiger partial charge on any atom is 0.0561 e. The Labute approximate surface area is 298 Å². The summed E-state index contributed by atoms with van der Waals surface area (Å²) in [7, 11) is 0. The molecule has 0 radical (unpaired) electrons. The van der Waals surface area contributed by atoms with Crippen LogP contribution in [0.25, 0.3) is 60.5 Å². The van der Waals surface area contributed by atoms with Gasteiger partial charge in [0.25, 0.3) is 0 Å². The van der Waals surface area contributed by atoms with Crippen LogP contribution in [0.2, 0.25) is 0 Å². The van der Waals surface area contributed by atoms with Crippen LogP contribution < -0.4 is 4.90 Å². The van der Waals surface area contributed by atoms with Gasteiger partial charge in [-0.1, -0.05) is 153 Å². The lowest BCUT2D eigenvalue weighted by Gasteiger charge is -2.30. The summed E-state index contributed by atoms with van der Waals surface area (Å²) in [6.07, 6.45) is 0. The molecular weight excluding hydrogens is 617 g/mol. The third-order valence-corrected chi connectivity index (χ3v) is 11.0. The summed E-state index contributed by atoms with van der Waals surface area (Å²) in [6, 6.07) is 66.7. The van der Waals surface area contributed by atoms with Gasteiger partial charge in [0, 0.05) is 38.5 Å². The molecule has 9 aromatic rings. The zero-order chi connectivity index (χ0) is 34.1. The van der Waals surface area contributed by atoms with Crippen LogP contribution in [0.5, 0.6) is 0 Å². The maximum atomic E-state index is 2.50. The van der Waals surface area contributed by atoms with Gasteiger partial charge in [-0.25, -0.2) is 0 Å². The van der Waals surface area contributed by atoms with Gasteiger partial charge in [-0.05, 0) is 75.7 Å². The highest BCUT2D eigenvalue weighted by atomic mass is 15.1. The first-order valence-electron chi connectivity index (χ1n) is 17.8. The van der Waals surface area contributed by atoms with Gasteiger partial charge in [0.1, 0.15) is 0 Å². The molecule has 1 aliphatic carbocycles. The summed E-state index contributed by atoms with van der Waals surface area (Å²) in [4.78, 5) is 2.50. The van der Waals surface area contributed by atoms with Gasteiger partial charge in [0.15, 0.2) is 0 Å². The standard InChI is InChI=1S/C49H36N2/c1-49(2)43-24-12-8-21-39(43)42-31-35(28-29-44(42)49)50(45-25-13-9-19-37(45)33-16-4-3-5-17-33)48-32-36(30-34-18-6-7-20-38(34)48)51-46-26-14-10-22-40(46)41-23-11-15-27-47(41)51/h3-32H,1-2H3. The quantitative estimate of drug-likeness (QED) is 0.180. The van der Waals surface area contributed by atoms with Crippen molar-refractivity contribution in [2.45, 2.75) is 19.3 Å². The first-order valence-corrected chi connectivity index (χ1v) is 17.8. The van der Waals surface area contributed by atoms with Gasteiger partial charge in [0.05, 0.1) is 22.4 Å². The number of aromatic nitrogens is 1. The Morgan fingerprint density at radius 3 is 1.78 bits per heavy atom. The molecule has 0 saturated heterocycles. The third-order valence-electron chi connectivity index (χ3n) is 11.0. The van der Waals surface area contributed by atoms with Crippen molar-refractivity contribution in [2.24, 2.45) is 0 Å². The molecule has 0 aliphatic heterocycles. The number of nitrogens with zero attached hydrogens (tertiary/aromatic N) is 2. The first kappa shape index (κ1) is 29.5.